The number of ether oxygens (including phenoxy) is 1. The summed E-state index contributed by atoms with van der Waals surface area (Å²) in [4.78, 5) is 13.9. The maximum Gasteiger partial charge on any atom is 0.410 e. The van der Waals surface area contributed by atoms with Crippen molar-refractivity contribution in [3.8, 4) is 0 Å². The molecule has 1 amide bonds. The fourth-order valence-electron chi connectivity index (χ4n) is 2.56. The molecule has 1 aromatic rings. The molecule has 1 unspecified atom stereocenters. The van der Waals surface area contributed by atoms with Gasteiger partial charge in [0.05, 0.1) is 0 Å². The van der Waals surface area contributed by atoms with Gasteiger partial charge in [0.25, 0.3) is 0 Å². The zero-order valence-electron chi connectivity index (χ0n) is 12.3. The minimum Gasteiger partial charge on any atom is -0.445 e. The number of carbonyl (C=O) groups excluding carboxylic acids is 1. The molecule has 1 saturated heterocycles. The van der Waals surface area contributed by atoms with E-state index in [0.29, 0.717) is 18.7 Å². The van der Waals surface area contributed by atoms with Gasteiger partial charge in [0.15, 0.2) is 0 Å². The molecular formula is C16H24N2O2. The molecule has 20 heavy (non-hydrogen) atoms. The highest BCUT2D eigenvalue weighted by Gasteiger charge is 2.24. The van der Waals surface area contributed by atoms with Crippen LogP contribution in [0, 0.1) is 0 Å². The molecule has 2 rings (SSSR count). The third kappa shape index (κ3) is 4.53. The second-order valence-corrected chi connectivity index (χ2v) is 5.65. The van der Waals surface area contributed by atoms with Gasteiger partial charge in [-0.2, -0.15) is 0 Å². The minimum atomic E-state index is -0.205. The van der Waals surface area contributed by atoms with Crippen molar-refractivity contribution in [1.29, 1.82) is 0 Å². The molecule has 1 atom stereocenters. The predicted octanol–water partition coefficient (Wildman–Crippen LogP) is 2.79. The Labute approximate surface area is 121 Å². The first-order valence-electron chi connectivity index (χ1n) is 7.37. The molecule has 1 N–H and O–H groups in total. The minimum absolute atomic E-state index is 0.205. The Morgan fingerprint density at radius 1 is 1.40 bits per heavy atom. The van der Waals surface area contributed by atoms with Crippen LogP contribution >= 0.6 is 0 Å². The number of piperidine rings is 1. The maximum absolute atomic E-state index is 12.1. The molecule has 1 aliphatic heterocycles. The summed E-state index contributed by atoms with van der Waals surface area (Å²) in [6.45, 7) is 6.15. The highest BCUT2D eigenvalue weighted by atomic mass is 16.6. The van der Waals surface area contributed by atoms with Crippen molar-refractivity contribution in [2.75, 3.05) is 13.1 Å². The van der Waals surface area contributed by atoms with Crippen LogP contribution < -0.4 is 5.32 Å². The van der Waals surface area contributed by atoms with Gasteiger partial charge >= 0.3 is 6.09 Å². The summed E-state index contributed by atoms with van der Waals surface area (Å²) < 4.78 is 5.38. The molecule has 0 saturated carbocycles. The topological polar surface area (TPSA) is 41.6 Å². The van der Waals surface area contributed by atoms with E-state index >= 15 is 0 Å². The van der Waals surface area contributed by atoms with Gasteiger partial charge in [0, 0.05) is 25.2 Å². The lowest BCUT2D eigenvalue weighted by molar-refractivity contribution is 0.0825. The van der Waals surface area contributed by atoms with Crippen LogP contribution in [-0.2, 0) is 11.3 Å². The molecule has 1 aliphatic rings. The summed E-state index contributed by atoms with van der Waals surface area (Å²) in [5, 5.41) is 3.49. The van der Waals surface area contributed by atoms with Crippen molar-refractivity contribution in [3.63, 3.8) is 0 Å². The first kappa shape index (κ1) is 14.9. The lowest BCUT2D eigenvalue weighted by atomic mass is 10.1. The largest absolute Gasteiger partial charge is 0.445 e. The normalized spacial score (nSPS) is 19.1. The van der Waals surface area contributed by atoms with Crippen LogP contribution in [0.25, 0.3) is 0 Å². The van der Waals surface area contributed by atoms with Gasteiger partial charge in [-0.25, -0.2) is 4.79 Å². The number of likely N-dealkylation sites (tertiary alicyclic amines) is 1. The molecule has 0 bridgehead atoms. The maximum atomic E-state index is 12.1. The monoisotopic (exact) mass is 276 g/mol. The Kier molecular flexibility index (Phi) is 5.41. The molecular weight excluding hydrogens is 252 g/mol. The van der Waals surface area contributed by atoms with E-state index in [0.717, 1.165) is 31.5 Å². The second kappa shape index (κ2) is 7.29. The Bertz CT molecular complexity index is 420. The molecule has 110 valence electrons. The Morgan fingerprint density at radius 3 is 2.85 bits per heavy atom. The van der Waals surface area contributed by atoms with Gasteiger partial charge in [0.2, 0.25) is 0 Å². The van der Waals surface area contributed by atoms with Gasteiger partial charge < -0.3 is 15.0 Å². The van der Waals surface area contributed by atoms with Crippen LogP contribution in [0.2, 0.25) is 0 Å². The van der Waals surface area contributed by atoms with E-state index in [1.807, 2.05) is 35.2 Å². The number of hydrogen-bond donors (Lipinski definition) is 1. The summed E-state index contributed by atoms with van der Waals surface area (Å²) in [6.07, 6.45) is 1.95. The zero-order chi connectivity index (χ0) is 14.4. The van der Waals surface area contributed by atoms with Crippen molar-refractivity contribution in [2.24, 2.45) is 0 Å². The molecule has 1 aromatic carbocycles. The average Bonchev–Trinajstić information content (AvgIpc) is 2.45. The number of rotatable bonds is 4. The second-order valence-electron chi connectivity index (χ2n) is 5.65. The number of nitrogens with zero attached hydrogens (tertiary/aromatic N) is 1. The Morgan fingerprint density at radius 2 is 2.15 bits per heavy atom. The third-order valence-electron chi connectivity index (χ3n) is 3.45. The van der Waals surface area contributed by atoms with E-state index in [4.69, 9.17) is 4.74 Å². The van der Waals surface area contributed by atoms with Gasteiger partial charge in [-0.05, 0) is 18.4 Å². The van der Waals surface area contributed by atoms with Crippen molar-refractivity contribution in [3.05, 3.63) is 35.9 Å². The fourth-order valence-corrected chi connectivity index (χ4v) is 2.56. The van der Waals surface area contributed by atoms with Gasteiger partial charge in [-0.1, -0.05) is 44.2 Å². The number of nitrogens with one attached hydrogen (secondary N) is 1. The highest BCUT2D eigenvalue weighted by molar-refractivity contribution is 5.67. The molecule has 0 spiro atoms. The van der Waals surface area contributed by atoms with Gasteiger partial charge in [-0.3, -0.25) is 0 Å². The van der Waals surface area contributed by atoms with E-state index in [1.54, 1.807) is 0 Å². The molecule has 1 fully saturated rings. The van der Waals surface area contributed by atoms with Gasteiger partial charge in [-0.15, -0.1) is 0 Å². The standard InChI is InChI=1S/C16H24N2O2/c1-13(2)17-15-9-6-10-18(11-15)16(19)20-12-14-7-4-3-5-8-14/h3-5,7-8,13,15,17H,6,9-12H2,1-2H3. The lowest BCUT2D eigenvalue weighted by Crippen LogP contribution is -2.49. The number of hydrogen-bond acceptors (Lipinski definition) is 3. The predicted molar refractivity (Wildman–Crippen MR) is 79.5 cm³/mol. The first-order valence-corrected chi connectivity index (χ1v) is 7.37. The lowest BCUT2D eigenvalue weighted by Gasteiger charge is -2.33. The van der Waals surface area contributed by atoms with Crippen LogP contribution in [0.4, 0.5) is 4.79 Å². The van der Waals surface area contributed by atoms with Crippen LogP contribution in [0.15, 0.2) is 30.3 Å². The zero-order valence-corrected chi connectivity index (χ0v) is 12.3. The molecule has 4 heteroatoms. The van der Waals surface area contributed by atoms with E-state index in [9.17, 15) is 4.79 Å². The van der Waals surface area contributed by atoms with Gasteiger partial charge in [0.1, 0.15) is 6.61 Å². The quantitative estimate of drug-likeness (QED) is 0.919. The third-order valence-corrected chi connectivity index (χ3v) is 3.45. The fraction of sp³-hybridized carbons (Fsp3) is 0.562. The summed E-state index contributed by atoms with van der Waals surface area (Å²) >= 11 is 0. The van der Waals surface area contributed by atoms with Crippen LogP contribution in [0.5, 0.6) is 0 Å². The van der Waals surface area contributed by atoms with E-state index < -0.39 is 0 Å². The van der Waals surface area contributed by atoms with Crippen LogP contribution in [0.3, 0.4) is 0 Å². The van der Waals surface area contributed by atoms with Crippen LogP contribution in [0.1, 0.15) is 32.3 Å². The number of amides is 1. The van der Waals surface area contributed by atoms with Crippen LogP contribution in [-0.4, -0.2) is 36.2 Å². The molecule has 0 radical (unpaired) electrons. The SMILES string of the molecule is CC(C)NC1CCCN(C(=O)OCc2ccccc2)C1. The Hall–Kier alpha value is -1.55. The summed E-state index contributed by atoms with van der Waals surface area (Å²) in [7, 11) is 0. The molecule has 1 heterocycles. The summed E-state index contributed by atoms with van der Waals surface area (Å²) in [5.41, 5.74) is 1.02. The number of benzene rings is 1. The van der Waals surface area contributed by atoms with Crippen molar-refractivity contribution >= 4 is 6.09 Å². The van der Waals surface area contributed by atoms with Crippen molar-refractivity contribution in [1.82, 2.24) is 10.2 Å². The molecule has 0 aromatic heterocycles. The Balaban J connectivity index is 1.80. The summed E-state index contributed by atoms with van der Waals surface area (Å²) in [5.74, 6) is 0. The molecule has 4 nitrogen and oxygen atoms in total. The first-order chi connectivity index (χ1) is 9.65. The average molecular weight is 276 g/mol. The van der Waals surface area contributed by atoms with E-state index in [2.05, 4.69) is 19.2 Å². The van der Waals surface area contributed by atoms with E-state index in [1.165, 1.54) is 0 Å². The number of carbonyl (C=O) groups is 1. The smallest absolute Gasteiger partial charge is 0.410 e. The van der Waals surface area contributed by atoms with Crippen molar-refractivity contribution in [2.45, 2.75) is 45.4 Å². The summed E-state index contributed by atoms with van der Waals surface area (Å²) in [6, 6.07) is 10.6. The van der Waals surface area contributed by atoms with E-state index in [-0.39, 0.29) is 6.09 Å². The highest BCUT2D eigenvalue weighted by Crippen LogP contribution is 2.13. The van der Waals surface area contributed by atoms with Crippen molar-refractivity contribution < 1.29 is 9.53 Å². The molecule has 0 aliphatic carbocycles.